The first-order chi connectivity index (χ1) is 11.0. The molecule has 2 rings (SSSR count). The smallest absolute Gasteiger partial charge is 0.315 e. The molecule has 0 aliphatic heterocycles. The standard InChI is InChI=1S/C16H23N3O4/c1-4-12-11(13(5-2)23-19-12)9-17-15(20)18-10-16(3,21)14-7-6-8-22-14/h6-8,21H,4-5,9-10H2,1-3H3,(H2,17,18,20). The summed E-state index contributed by atoms with van der Waals surface area (Å²) >= 11 is 0. The van der Waals surface area contributed by atoms with Crippen molar-refractivity contribution < 1.29 is 18.8 Å². The molecule has 0 spiro atoms. The molecular weight excluding hydrogens is 298 g/mol. The van der Waals surface area contributed by atoms with Gasteiger partial charge in [-0.2, -0.15) is 0 Å². The number of amides is 2. The first kappa shape index (κ1) is 17.1. The third-order valence-corrected chi connectivity index (χ3v) is 3.68. The number of aromatic nitrogens is 1. The monoisotopic (exact) mass is 321 g/mol. The van der Waals surface area contributed by atoms with Crippen molar-refractivity contribution >= 4 is 6.03 Å². The Bertz CT molecular complexity index is 610. The zero-order chi connectivity index (χ0) is 16.9. The SMILES string of the molecule is CCc1noc(CC)c1CNC(=O)NCC(C)(O)c1ccco1. The quantitative estimate of drug-likeness (QED) is 0.725. The van der Waals surface area contributed by atoms with E-state index in [-0.39, 0.29) is 12.6 Å². The topological polar surface area (TPSA) is 101 Å². The summed E-state index contributed by atoms with van der Waals surface area (Å²) in [5.74, 6) is 1.18. The van der Waals surface area contributed by atoms with Gasteiger partial charge in [0.2, 0.25) is 0 Å². The highest BCUT2D eigenvalue weighted by atomic mass is 16.5. The predicted molar refractivity (Wildman–Crippen MR) is 83.8 cm³/mol. The fourth-order valence-electron chi connectivity index (χ4n) is 2.29. The molecule has 23 heavy (non-hydrogen) atoms. The van der Waals surface area contributed by atoms with Crippen LogP contribution >= 0.6 is 0 Å². The van der Waals surface area contributed by atoms with E-state index < -0.39 is 5.60 Å². The summed E-state index contributed by atoms with van der Waals surface area (Å²) in [4.78, 5) is 11.9. The molecule has 0 aliphatic carbocycles. The van der Waals surface area contributed by atoms with Gasteiger partial charge >= 0.3 is 6.03 Å². The maximum atomic E-state index is 11.9. The summed E-state index contributed by atoms with van der Waals surface area (Å²) in [7, 11) is 0. The van der Waals surface area contributed by atoms with E-state index in [0.29, 0.717) is 12.3 Å². The molecule has 2 amide bonds. The molecule has 7 heteroatoms. The summed E-state index contributed by atoms with van der Waals surface area (Å²) in [6, 6.07) is 2.98. The lowest BCUT2D eigenvalue weighted by atomic mass is 10.0. The van der Waals surface area contributed by atoms with E-state index in [1.54, 1.807) is 19.1 Å². The van der Waals surface area contributed by atoms with Crippen molar-refractivity contribution in [2.75, 3.05) is 6.54 Å². The van der Waals surface area contributed by atoms with Gasteiger partial charge in [-0.05, 0) is 25.5 Å². The molecule has 7 nitrogen and oxygen atoms in total. The van der Waals surface area contributed by atoms with Gasteiger partial charge in [-0.3, -0.25) is 0 Å². The van der Waals surface area contributed by atoms with Crippen LogP contribution in [0.1, 0.15) is 43.5 Å². The number of nitrogens with zero attached hydrogens (tertiary/aromatic N) is 1. The molecule has 2 aromatic rings. The number of urea groups is 1. The van der Waals surface area contributed by atoms with Gasteiger partial charge in [-0.25, -0.2) is 4.79 Å². The first-order valence-corrected chi connectivity index (χ1v) is 7.72. The van der Waals surface area contributed by atoms with E-state index >= 15 is 0 Å². The van der Waals surface area contributed by atoms with Gasteiger partial charge in [0.1, 0.15) is 17.1 Å². The number of aryl methyl sites for hydroxylation is 2. The van der Waals surface area contributed by atoms with Crippen molar-refractivity contribution in [1.82, 2.24) is 15.8 Å². The number of carbonyl (C=O) groups is 1. The molecule has 126 valence electrons. The second kappa shape index (κ2) is 7.32. The minimum atomic E-state index is -1.26. The molecule has 2 aromatic heterocycles. The van der Waals surface area contributed by atoms with Crippen LogP contribution in [-0.2, 0) is 25.0 Å². The Balaban J connectivity index is 1.87. The molecule has 0 radical (unpaired) electrons. The van der Waals surface area contributed by atoms with Gasteiger partial charge in [0.25, 0.3) is 0 Å². The molecule has 3 N–H and O–H groups in total. The zero-order valence-corrected chi connectivity index (χ0v) is 13.7. The summed E-state index contributed by atoms with van der Waals surface area (Å²) in [5, 5.41) is 19.7. The highest BCUT2D eigenvalue weighted by Crippen LogP contribution is 2.19. The first-order valence-electron chi connectivity index (χ1n) is 7.72. The lowest BCUT2D eigenvalue weighted by Crippen LogP contribution is -2.43. The summed E-state index contributed by atoms with van der Waals surface area (Å²) in [5.41, 5.74) is 0.508. The molecule has 0 bridgehead atoms. The minimum absolute atomic E-state index is 0.0389. The van der Waals surface area contributed by atoms with Crippen LogP contribution in [0.3, 0.4) is 0 Å². The average molecular weight is 321 g/mol. The van der Waals surface area contributed by atoms with Gasteiger partial charge in [0.15, 0.2) is 0 Å². The van der Waals surface area contributed by atoms with E-state index in [1.165, 1.54) is 6.26 Å². The van der Waals surface area contributed by atoms with Crippen molar-refractivity contribution in [2.24, 2.45) is 0 Å². The summed E-state index contributed by atoms with van der Waals surface area (Å²) in [6.45, 7) is 5.92. The largest absolute Gasteiger partial charge is 0.466 e. The Labute approximate surface area is 135 Å². The zero-order valence-electron chi connectivity index (χ0n) is 13.7. The maximum Gasteiger partial charge on any atom is 0.315 e. The Hall–Kier alpha value is -2.28. The number of aliphatic hydroxyl groups is 1. The van der Waals surface area contributed by atoms with E-state index in [4.69, 9.17) is 8.94 Å². The van der Waals surface area contributed by atoms with Crippen LogP contribution in [0, 0.1) is 0 Å². The molecule has 0 aliphatic rings. The number of nitrogens with one attached hydrogen (secondary N) is 2. The normalized spacial score (nSPS) is 13.6. The van der Waals surface area contributed by atoms with Crippen molar-refractivity contribution in [3.63, 3.8) is 0 Å². The van der Waals surface area contributed by atoms with Crippen LogP contribution in [0.4, 0.5) is 4.79 Å². The number of hydrogen-bond donors (Lipinski definition) is 3. The second-order valence-electron chi connectivity index (χ2n) is 5.53. The number of carbonyl (C=O) groups excluding carboxylic acids is 1. The van der Waals surface area contributed by atoms with Crippen molar-refractivity contribution in [3.8, 4) is 0 Å². The van der Waals surface area contributed by atoms with Crippen LogP contribution in [0.25, 0.3) is 0 Å². The van der Waals surface area contributed by atoms with E-state index in [1.807, 2.05) is 13.8 Å². The third kappa shape index (κ3) is 4.13. The van der Waals surface area contributed by atoms with Crippen LogP contribution in [0.2, 0.25) is 0 Å². The Morgan fingerprint density at radius 1 is 1.35 bits per heavy atom. The third-order valence-electron chi connectivity index (χ3n) is 3.68. The van der Waals surface area contributed by atoms with E-state index in [0.717, 1.165) is 29.9 Å². The highest BCUT2D eigenvalue weighted by molar-refractivity contribution is 5.74. The van der Waals surface area contributed by atoms with Gasteiger partial charge in [0, 0.05) is 18.5 Å². The van der Waals surface area contributed by atoms with E-state index in [9.17, 15) is 9.90 Å². The molecule has 0 aromatic carbocycles. The van der Waals surface area contributed by atoms with Gasteiger partial charge < -0.3 is 24.7 Å². The van der Waals surface area contributed by atoms with Crippen LogP contribution < -0.4 is 10.6 Å². The van der Waals surface area contributed by atoms with Crippen LogP contribution in [0.5, 0.6) is 0 Å². The van der Waals surface area contributed by atoms with Gasteiger partial charge in [-0.15, -0.1) is 0 Å². The lowest BCUT2D eigenvalue weighted by molar-refractivity contribution is 0.0367. The van der Waals surface area contributed by atoms with Crippen molar-refractivity contribution in [2.45, 2.75) is 45.8 Å². The molecule has 0 fully saturated rings. The Kier molecular flexibility index (Phi) is 5.44. The lowest BCUT2D eigenvalue weighted by Gasteiger charge is -2.21. The molecule has 1 atom stereocenters. The molecule has 1 unspecified atom stereocenters. The minimum Gasteiger partial charge on any atom is -0.466 e. The van der Waals surface area contributed by atoms with E-state index in [2.05, 4.69) is 15.8 Å². The summed E-state index contributed by atoms with van der Waals surface area (Å²) in [6.07, 6.45) is 2.95. The molecule has 0 saturated carbocycles. The molecule has 2 heterocycles. The van der Waals surface area contributed by atoms with Crippen molar-refractivity contribution in [3.05, 3.63) is 41.2 Å². The second-order valence-corrected chi connectivity index (χ2v) is 5.53. The van der Waals surface area contributed by atoms with Crippen molar-refractivity contribution in [1.29, 1.82) is 0 Å². The van der Waals surface area contributed by atoms with Gasteiger partial charge in [0.05, 0.1) is 18.5 Å². The fourth-order valence-corrected chi connectivity index (χ4v) is 2.29. The fraction of sp³-hybridized carbons (Fsp3) is 0.500. The predicted octanol–water partition coefficient (Wildman–Crippen LogP) is 2.10. The number of rotatable bonds is 7. The van der Waals surface area contributed by atoms with Crippen LogP contribution in [-0.4, -0.2) is 22.8 Å². The Morgan fingerprint density at radius 3 is 2.74 bits per heavy atom. The molecular formula is C16H23N3O4. The molecule has 0 saturated heterocycles. The van der Waals surface area contributed by atoms with Crippen LogP contribution in [0.15, 0.2) is 27.3 Å². The Morgan fingerprint density at radius 2 is 2.13 bits per heavy atom. The highest BCUT2D eigenvalue weighted by Gasteiger charge is 2.26. The maximum absolute atomic E-state index is 11.9. The number of hydrogen-bond acceptors (Lipinski definition) is 5. The number of furan rings is 1. The van der Waals surface area contributed by atoms with Gasteiger partial charge in [-0.1, -0.05) is 19.0 Å². The average Bonchev–Trinajstić information content (AvgIpc) is 3.20. The summed E-state index contributed by atoms with van der Waals surface area (Å²) < 4.78 is 10.4.